The van der Waals surface area contributed by atoms with Gasteiger partial charge in [0.15, 0.2) is 0 Å². The highest BCUT2D eigenvalue weighted by Crippen LogP contribution is 2.25. The molecule has 0 radical (unpaired) electrons. The first kappa shape index (κ1) is 10.8. The monoisotopic (exact) mass is 244 g/mol. The predicted molar refractivity (Wildman–Crippen MR) is 70.0 cm³/mol. The number of aromatic nitrogens is 1. The van der Waals surface area contributed by atoms with Crippen LogP contribution >= 0.6 is 11.6 Å². The topological polar surface area (TPSA) is 24.9 Å². The van der Waals surface area contributed by atoms with Gasteiger partial charge in [0.05, 0.1) is 5.69 Å². The van der Waals surface area contributed by atoms with Crippen molar-refractivity contribution in [3.05, 3.63) is 52.2 Å². The number of fused-ring (bicyclic) bond motifs is 1. The number of aryl methyl sites for hydroxylation is 1. The molecular weight excluding hydrogens is 232 g/mol. The van der Waals surface area contributed by atoms with Crippen LogP contribution in [0.4, 0.5) is 0 Å². The second-order valence-corrected chi connectivity index (χ2v) is 4.81. The number of halogens is 1. The van der Waals surface area contributed by atoms with Gasteiger partial charge in [-0.1, -0.05) is 17.7 Å². The van der Waals surface area contributed by atoms with Crippen LogP contribution in [0.3, 0.4) is 0 Å². The third-order valence-electron chi connectivity index (χ3n) is 3.17. The van der Waals surface area contributed by atoms with E-state index in [9.17, 15) is 0 Å². The molecule has 1 aromatic carbocycles. The number of benzene rings is 1. The summed E-state index contributed by atoms with van der Waals surface area (Å²) in [5, 5.41) is 4.13. The molecule has 17 heavy (non-hydrogen) atoms. The molecule has 0 bridgehead atoms. The Bertz CT molecular complexity index is 578. The second-order valence-electron chi connectivity index (χ2n) is 4.41. The minimum absolute atomic E-state index is 0.802. The van der Waals surface area contributed by atoms with Crippen LogP contribution in [0.25, 0.3) is 11.3 Å². The zero-order valence-corrected chi connectivity index (χ0v) is 10.4. The lowest BCUT2D eigenvalue weighted by Gasteiger charge is -2.05. The molecular formula is C14H13ClN2. The average Bonchev–Trinajstić information content (AvgIpc) is 2.79. The van der Waals surface area contributed by atoms with Crippen LogP contribution in [0.5, 0.6) is 0 Å². The lowest BCUT2D eigenvalue weighted by atomic mass is 10.1. The summed E-state index contributed by atoms with van der Waals surface area (Å²) >= 11 is 6.03. The van der Waals surface area contributed by atoms with Gasteiger partial charge in [-0.15, -0.1) is 0 Å². The van der Waals surface area contributed by atoms with Crippen molar-refractivity contribution in [1.82, 2.24) is 10.3 Å². The highest BCUT2D eigenvalue weighted by atomic mass is 35.5. The summed E-state index contributed by atoms with van der Waals surface area (Å²) in [6.07, 6.45) is 1.97. The van der Waals surface area contributed by atoms with E-state index in [2.05, 4.69) is 22.4 Å². The molecule has 1 aliphatic heterocycles. The van der Waals surface area contributed by atoms with Crippen molar-refractivity contribution in [2.45, 2.75) is 20.0 Å². The van der Waals surface area contributed by atoms with E-state index in [-0.39, 0.29) is 0 Å². The maximum absolute atomic E-state index is 6.03. The minimum atomic E-state index is 0.802. The highest BCUT2D eigenvalue weighted by Gasteiger charge is 2.12. The summed E-state index contributed by atoms with van der Waals surface area (Å²) in [7, 11) is 0. The van der Waals surface area contributed by atoms with Crippen molar-refractivity contribution in [1.29, 1.82) is 0 Å². The summed E-state index contributed by atoms with van der Waals surface area (Å²) in [6.45, 7) is 3.89. The van der Waals surface area contributed by atoms with Crippen LogP contribution in [-0.4, -0.2) is 4.98 Å². The number of rotatable bonds is 1. The third kappa shape index (κ3) is 1.94. The lowest BCUT2D eigenvalue weighted by molar-refractivity contribution is 0.764. The van der Waals surface area contributed by atoms with Gasteiger partial charge >= 0.3 is 0 Å². The van der Waals surface area contributed by atoms with Gasteiger partial charge in [-0.25, -0.2) is 0 Å². The number of pyridine rings is 1. The molecule has 0 amide bonds. The van der Waals surface area contributed by atoms with Crippen LogP contribution in [-0.2, 0) is 13.1 Å². The average molecular weight is 245 g/mol. The van der Waals surface area contributed by atoms with Crippen LogP contribution < -0.4 is 5.32 Å². The summed E-state index contributed by atoms with van der Waals surface area (Å²) in [5.41, 5.74) is 5.89. The normalized spacial score (nSPS) is 13.8. The summed E-state index contributed by atoms with van der Waals surface area (Å²) in [4.78, 5) is 4.51. The fraction of sp³-hybridized carbons (Fsp3) is 0.214. The molecule has 0 unspecified atom stereocenters. The van der Waals surface area contributed by atoms with Gasteiger partial charge in [-0.3, -0.25) is 4.98 Å². The largest absolute Gasteiger partial charge is 0.309 e. The Labute approximate surface area is 106 Å². The van der Waals surface area contributed by atoms with Crippen molar-refractivity contribution < 1.29 is 0 Å². The van der Waals surface area contributed by atoms with E-state index in [1.54, 1.807) is 0 Å². The van der Waals surface area contributed by atoms with Crippen molar-refractivity contribution in [3.63, 3.8) is 0 Å². The zero-order chi connectivity index (χ0) is 11.8. The van der Waals surface area contributed by atoms with Gasteiger partial charge in [-0.2, -0.15) is 0 Å². The predicted octanol–water partition coefficient (Wildman–Crippen LogP) is 3.31. The number of nitrogens with one attached hydrogen (secondary N) is 1. The Balaban J connectivity index is 2.06. The zero-order valence-electron chi connectivity index (χ0n) is 9.63. The first-order chi connectivity index (χ1) is 8.24. The third-order valence-corrected chi connectivity index (χ3v) is 3.59. The van der Waals surface area contributed by atoms with Crippen LogP contribution in [0, 0.1) is 6.92 Å². The van der Waals surface area contributed by atoms with E-state index >= 15 is 0 Å². The van der Waals surface area contributed by atoms with E-state index in [1.165, 1.54) is 11.1 Å². The van der Waals surface area contributed by atoms with Crippen molar-refractivity contribution >= 4 is 11.6 Å². The molecule has 0 atom stereocenters. The van der Waals surface area contributed by atoms with E-state index in [0.717, 1.165) is 34.9 Å². The quantitative estimate of drug-likeness (QED) is 0.833. The smallest absolute Gasteiger partial charge is 0.0705 e. The lowest BCUT2D eigenvalue weighted by Crippen LogP contribution is -1.99. The van der Waals surface area contributed by atoms with E-state index < -0.39 is 0 Å². The molecule has 3 heteroatoms. The number of hydrogen-bond donors (Lipinski definition) is 1. The van der Waals surface area contributed by atoms with Crippen molar-refractivity contribution in [3.8, 4) is 11.3 Å². The van der Waals surface area contributed by atoms with Gasteiger partial charge in [-0.05, 0) is 41.8 Å². The maximum Gasteiger partial charge on any atom is 0.0705 e. The Morgan fingerprint density at radius 3 is 2.82 bits per heavy atom. The summed E-state index contributed by atoms with van der Waals surface area (Å²) in [5.74, 6) is 0. The standard InChI is InChI=1S/C14H13ClN2/c1-9-4-10(2-3-13(9)15)14-5-11-6-16-7-12(11)8-17-14/h2-5,8,16H,6-7H2,1H3. The van der Waals surface area contributed by atoms with Gasteiger partial charge < -0.3 is 5.32 Å². The van der Waals surface area contributed by atoms with E-state index in [1.807, 2.05) is 25.3 Å². The fourth-order valence-corrected chi connectivity index (χ4v) is 2.26. The molecule has 1 aliphatic rings. The molecule has 0 fully saturated rings. The molecule has 0 saturated heterocycles. The molecule has 86 valence electrons. The minimum Gasteiger partial charge on any atom is -0.309 e. The van der Waals surface area contributed by atoms with Gasteiger partial charge in [0, 0.05) is 29.9 Å². The Morgan fingerprint density at radius 2 is 2.00 bits per heavy atom. The van der Waals surface area contributed by atoms with Crippen molar-refractivity contribution in [2.75, 3.05) is 0 Å². The second kappa shape index (κ2) is 4.13. The summed E-state index contributed by atoms with van der Waals surface area (Å²) in [6, 6.07) is 8.20. The highest BCUT2D eigenvalue weighted by molar-refractivity contribution is 6.31. The number of nitrogens with zero attached hydrogens (tertiary/aromatic N) is 1. The van der Waals surface area contributed by atoms with Gasteiger partial charge in [0.2, 0.25) is 0 Å². The number of hydrogen-bond acceptors (Lipinski definition) is 2. The van der Waals surface area contributed by atoms with Crippen LogP contribution in [0.2, 0.25) is 5.02 Å². The first-order valence-corrected chi connectivity index (χ1v) is 6.07. The molecule has 2 nitrogen and oxygen atoms in total. The van der Waals surface area contributed by atoms with Gasteiger partial charge in [0.1, 0.15) is 0 Å². The maximum atomic E-state index is 6.03. The molecule has 0 saturated carbocycles. The molecule has 1 aromatic heterocycles. The van der Waals surface area contributed by atoms with E-state index in [4.69, 9.17) is 11.6 Å². The summed E-state index contributed by atoms with van der Waals surface area (Å²) < 4.78 is 0. The Hall–Kier alpha value is -1.38. The Morgan fingerprint density at radius 1 is 1.18 bits per heavy atom. The SMILES string of the molecule is Cc1cc(-c2cc3c(cn2)CNC3)ccc1Cl. The molecule has 1 N–H and O–H groups in total. The molecule has 0 spiro atoms. The fourth-order valence-electron chi connectivity index (χ4n) is 2.14. The van der Waals surface area contributed by atoms with Crippen LogP contribution in [0.1, 0.15) is 16.7 Å². The van der Waals surface area contributed by atoms with Crippen molar-refractivity contribution in [2.24, 2.45) is 0 Å². The molecule has 0 aliphatic carbocycles. The van der Waals surface area contributed by atoms with Crippen LogP contribution in [0.15, 0.2) is 30.5 Å². The van der Waals surface area contributed by atoms with E-state index in [0.29, 0.717) is 0 Å². The molecule has 2 aromatic rings. The molecule has 3 rings (SSSR count). The Kier molecular flexibility index (Phi) is 2.61. The van der Waals surface area contributed by atoms with Gasteiger partial charge in [0.25, 0.3) is 0 Å². The molecule has 2 heterocycles. The first-order valence-electron chi connectivity index (χ1n) is 5.69.